The summed E-state index contributed by atoms with van der Waals surface area (Å²) in [6.07, 6.45) is 9.72. The third-order valence-electron chi connectivity index (χ3n) is 4.61. The predicted octanol–water partition coefficient (Wildman–Crippen LogP) is 3.21. The molecule has 0 atom stereocenters. The molecule has 1 saturated carbocycles. The highest BCUT2D eigenvalue weighted by Gasteiger charge is 2.24. The maximum absolute atomic E-state index is 9.40. The highest BCUT2D eigenvalue weighted by atomic mass is 15.2. The molecule has 3 nitrogen and oxygen atoms in total. The van der Waals surface area contributed by atoms with Crippen LogP contribution in [-0.2, 0) is 12.8 Å². The Morgan fingerprint density at radius 2 is 1.95 bits per heavy atom. The number of nitrogens with zero attached hydrogens (tertiary/aromatic N) is 3. The number of fused-ring (bicyclic) bond motifs is 1. The van der Waals surface area contributed by atoms with E-state index in [9.17, 15) is 5.26 Å². The van der Waals surface area contributed by atoms with Crippen LogP contribution in [0.15, 0.2) is 6.07 Å². The van der Waals surface area contributed by atoms with Gasteiger partial charge in [-0.05, 0) is 50.2 Å². The first-order valence-corrected chi connectivity index (χ1v) is 7.45. The summed E-state index contributed by atoms with van der Waals surface area (Å²) in [5.74, 6) is 0.912. The van der Waals surface area contributed by atoms with Crippen molar-refractivity contribution in [3.05, 3.63) is 22.9 Å². The van der Waals surface area contributed by atoms with Crippen LogP contribution in [0.3, 0.4) is 0 Å². The SMILES string of the molecule is CN(c1nc2c(cc1C#N)CCCC2)C1CCCC1. The quantitative estimate of drug-likeness (QED) is 0.814. The number of hydrogen-bond acceptors (Lipinski definition) is 3. The molecule has 0 amide bonds. The molecule has 0 bridgehead atoms. The Morgan fingerprint density at radius 1 is 1.21 bits per heavy atom. The number of hydrogen-bond donors (Lipinski definition) is 0. The molecule has 0 unspecified atom stereocenters. The Kier molecular flexibility index (Phi) is 3.42. The van der Waals surface area contributed by atoms with Crippen molar-refractivity contribution < 1.29 is 0 Å². The van der Waals surface area contributed by atoms with Crippen molar-refractivity contribution >= 4 is 5.82 Å². The van der Waals surface area contributed by atoms with Crippen molar-refractivity contribution in [2.45, 2.75) is 57.4 Å². The second-order valence-corrected chi connectivity index (χ2v) is 5.83. The number of nitriles is 1. The van der Waals surface area contributed by atoms with Crippen LogP contribution in [0.1, 0.15) is 55.3 Å². The van der Waals surface area contributed by atoms with E-state index in [4.69, 9.17) is 4.98 Å². The van der Waals surface area contributed by atoms with Crippen molar-refractivity contribution in [3.63, 3.8) is 0 Å². The fraction of sp³-hybridized carbons (Fsp3) is 0.625. The molecule has 100 valence electrons. The Balaban J connectivity index is 1.97. The number of anilines is 1. The van der Waals surface area contributed by atoms with Crippen molar-refractivity contribution in [1.29, 1.82) is 5.26 Å². The number of pyridine rings is 1. The fourth-order valence-corrected chi connectivity index (χ4v) is 3.44. The molecule has 0 aromatic carbocycles. The van der Waals surface area contributed by atoms with Gasteiger partial charge in [0.05, 0.1) is 5.56 Å². The molecular weight excluding hydrogens is 234 g/mol. The minimum Gasteiger partial charge on any atom is -0.356 e. The molecule has 1 heterocycles. The number of aromatic nitrogens is 1. The van der Waals surface area contributed by atoms with Crippen LogP contribution >= 0.6 is 0 Å². The zero-order valence-electron chi connectivity index (χ0n) is 11.7. The molecule has 2 aliphatic carbocycles. The van der Waals surface area contributed by atoms with Crippen LogP contribution in [0.2, 0.25) is 0 Å². The summed E-state index contributed by atoms with van der Waals surface area (Å²) in [4.78, 5) is 7.08. The van der Waals surface area contributed by atoms with Gasteiger partial charge >= 0.3 is 0 Å². The molecule has 1 aromatic heterocycles. The van der Waals surface area contributed by atoms with Crippen LogP contribution in [0.25, 0.3) is 0 Å². The molecule has 2 aliphatic rings. The Morgan fingerprint density at radius 3 is 2.68 bits per heavy atom. The normalized spacial score (nSPS) is 18.9. The lowest BCUT2D eigenvalue weighted by Gasteiger charge is -2.28. The first-order chi connectivity index (χ1) is 9.29. The Hall–Kier alpha value is -1.56. The standard InChI is InChI=1S/C16H21N3/c1-19(14-7-3-4-8-14)16-13(11-17)10-12-6-2-5-9-15(12)18-16/h10,14H,2-9H2,1H3. The molecule has 0 radical (unpaired) electrons. The van der Waals surface area contributed by atoms with Gasteiger partial charge in [-0.2, -0.15) is 5.26 Å². The summed E-state index contributed by atoms with van der Waals surface area (Å²) in [5.41, 5.74) is 3.28. The molecule has 0 spiro atoms. The number of aryl methyl sites for hydroxylation is 2. The predicted molar refractivity (Wildman–Crippen MR) is 76.3 cm³/mol. The lowest BCUT2D eigenvalue weighted by Crippen LogP contribution is -2.31. The summed E-state index contributed by atoms with van der Waals surface area (Å²) < 4.78 is 0. The van der Waals surface area contributed by atoms with Gasteiger partial charge in [0.15, 0.2) is 0 Å². The van der Waals surface area contributed by atoms with Crippen molar-refractivity contribution in [3.8, 4) is 6.07 Å². The topological polar surface area (TPSA) is 39.9 Å². The summed E-state index contributed by atoms with van der Waals surface area (Å²) in [7, 11) is 2.11. The first-order valence-electron chi connectivity index (χ1n) is 7.45. The van der Waals surface area contributed by atoms with E-state index in [2.05, 4.69) is 24.1 Å². The molecule has 0 aliphatic heterocycles. The highest BCUT2D eigenvalue weighted by molar-refractivity contribution is 5.56. The average Bonchev–Trinajstić information content (AvgIpc) is 2.99. The maximum atomic E-state index is 9.40. The van der Waals surface area contributed by atoms with Gasteiger partial charge in [0.1, 0.15) is 11.9 Å². The van der Waals surface area contributed by atoms with Crippen molar-refractivity contribution in [2.75, 3.05) is 11.9 Å². The van der Waals surface area contributed by atoms with Crippen LogP contribution in [0.5, 0.6) is 0 Å². The summed E-state index contributed by atoms with van der Waals surface area (Å²) in [5, 5.41) is 9.40. The summed E-state index contributed by atoms with van der Waals surface area (Å²) >= 11 is 0. The summed E-state index contributed by atoms with van der Waals surface area (Å²) in [6.45, 7) is 0. The minimum absolute atomic E-state index is 0.571. The molecule has 19 heavy (non-hydrogen) atoms. The van der Waals surface area contributed by atoms with Gasteiger partial charge in [0.25, 0.3) is 0 Å². The van der Waals surface area contributed by atoms with Gasteiger partial charge in [0.2, 0.25) is 0 Å². The van der Waals surface area contributed by atoms with E-state index in [1.807, 2.05) is 0 Å². The van der Waals surface area contributed by atoms with E-state index in [0.29, 0.717) is 6.04 Å². The van der Waals surface area contributed by atoms with E-state index in [0.717, 1.165) is 24.2 Å². The third-order valence-corrected chi connectivity index (χ3v) is 4.61. The molecule has 0 saturated heterocycles. The first kappa shape index (κ1) is 12.5. The third kappa shape index (κ3) is 2.32. The Bertz CT molecular complexity index is 509. The zero-order valence-corrected chi connectivity index (χ0v) is 11.7. The number of rotatable bonds is 2. The smallest absolute Gasteiger partial charge is 0.146 e. The molecule has 1 fully saturated rings. The van der Waals surface area contributed by atoms with E-state index >= 15 is 0 Å². The second-order valence-electron chi connectivity index (χ2n) is 5.83. The minimum atomic E-state index is 0.571. The summed E-state index contributed by atoms with van der Waals surface area (Å²) in [6, 6.07) is 5.00. The Labute approximate surface area is 115 Å². The molecule has 0 N–H and O–H groups in total. The second kappa shape index (κ2) is 5.21. The molecule has 1 aromatic rings. The van der Waals surface area contributed by atoms with Gasteiger partial charge in [-0.25, -0.2) is 4.98 Å². The largest absolute Gasteiger partial charge is 0.356 e. The van der Waals surface area contributed by atoms with Gasteiger partial charge < -0.3 is 4.90 Å². The van der Waals surface area contributed by atoms with Crippen LogP contribution in [0.4, 0.5) is 5.82 Å². The van der Waals surface area contributed by atoms with E-state index in [-0.39, 0.29) is 0 Å². The zero-order chi connectivity index (χ0) is 13.2. The van der Waals surface area contributed by atoms with Crippen LogP contribution in [0, 0.1) is 11.3 Å². The van der Waals surface area contributed by atoms with E-state index in [1.165, 1.54) is 49.8 Å². The van der Waals surface area contributed by atoms with Gasteiger partial charge in [-0.1, -0.05) is 12.8 Å². The van der Waals surface area contributed by atoms with Crippen molar-refractivity contribution in [2.24, 2.45) is 0 Å². The maximum Gasteiger partial charge on any atom is 0.146 e. The highest BCUT2D eigenvalue weighted by Crippen LogP contribution is 2.30. The monoisotopic (exact) mass is 255 g/mol. The molecular formula is C16H21N3. The lowest BCUT2D eigenvalue weighted by atomic mass is 9.94. The average molecular weight is 255 g/mol. The molecule has 3 rings (SSSR count). The van der Waals surface area contributed by atoms with E-state index < -0.39 is 0 Å². The van der Waals surface area contributed by atoms with Crippen LogP contribution < -0.4 is 4.90 Å². The molecule has 3 heteroatoms. The van der Waals surface area contributed by atoms with Gasteiger partial charge in [-0.15, -0.1) is 0 Å². The van der Waals surface area contributed by atoms with Crippen molar-refractivity contribution in [1.82, 2.24) is 4.98 Å². The lowest BCUT2D eigenvalue weighted by molar-refractivity contribution is 0.633. The fourth-order valence-electron chi connectivity index (χ4n) is 3.44. The van der Waals surface area contributed by atoms with Gasteiger partial charge in [-0.3, -0.25) is 0 Å². The van der Waals surface area contributed by atoms with E-state index in [1.54, 1.807) is 0 Å². The van der Waals surface area contributed by atoms with Crippen LogP contribution in [-0.4, -0.2) is 18.1 Å². The van der Waals surface area contributed by atoms with Gasteiger partial charge in [0, 0.05) is 18.8 Å².